The Balaban J connectivity index is 1.49. The highest BCUT2D eigenvalue weighted by atomic mass is 16.5. The second kappa shape index (κ2) is 9.02. The summed E-state index contributed by atoms with van der Waals surface area (Å²) >= 11 is 0. The van der Waals surface area contributed by atoms with E-state index in [1.165, 1.54) is 17.0 Å². The van der Waals surface area contributed by atoms with Crippen LogP contribution >= 0.6 is 0 Å². The van der Waals surface area contributed by atoms with Crippen LogP contribution < -0.4 is 16.2 Å². The second-order valence-electron chi connectivity index (χ2n) is 7.12. The highest BCUT2D eigenvalue weighted by molar-refractivity contribution is 6.04. The quantitative estimate of drug-likeness (QED) is 0.634. The molecule has 0 spiro atoms. The SMILES string of the molecule is Cn1c(=O)c(NC(=O)c2ccncc2)cc2cnc(NCCN3CCOCC3)cc21. The molecule has 3 aromatic rings. The number of amides is 1. The van der Waals surface area contributed by atoms with E-state index in [0.717, 1.165) is 50.3 Å². The topological polar surface area (TPSA) is 101 Å². The van der Waals surface area contributed by atoms with Crippen LogP contribution in [0.3, 0.4) is 0 Å². The molecule has 2 N–H and O–H groups in total. The van der Waals surface area contributed by atoms with E-state index in [1.807, 2.05) is 6.07 Å². The molecule has 9 heteroatoms. The fourth-order valence-electron chi connectivity index (χ4n) is 3.42. The number of aromatic nitrogens is 3. The summed E-state index contributed by atoms with van der Waals surface area (Å²) in [6.07, 6.45) is 4.77. The molecule has 1 aliphatic rings. The Bertz CT molecular complexity index is 1090. The van der Waals surface area contributed by atoms with Gasteiger partial charge in [-0.15, -0.1) is 0 Å². The Hall–Kier alpha value is -3.30. The minimum atomic E-state index is -0.358. The van der Waals surface area contributed by atoms with Gasteiger partial charge in [-0.2, -0.15) is 0 Å². The van der Waals surface area contributed by atoms with Crippen LogP contribution in [-0.4, -0.2) is 64.7 Å². The molecule has 9 nitrogen and oxygen atoms in total. The number of ether oxygens (including phenoxy) is 1. The maximum atomic E-state index is 12.8. The van der Waals surface area contributed by atoms with Crippen LogP contribution in [0.1, 0.15) is 10.4 Å². The molecule has 1 saturated heterocycles. The van der Waals surface area contributed by atoms with Crippen LogP contribution in [0.15, 0.2) is 47.7 Å². The van der Waals surface area contributed by atoms with Gasteiger partial charge in [0.2, 0.25) is 0 Å². The minimum Gasteiger partial charge on any atom is -0.379 e. The Morgan fingerprint density at radius 1 is 1.20 bits per heavy atom. The molecule has 0 atom stereocenters. The third-order valence-corrected chi connectivity index (χ3v) is 5.14. The van der Waals surface area contributed by atoms with Gasteiger partial charge in [0.25, 0.3) is 11.5 Å². The van der Waals surface area contributed by atoms with Gasteiger partial charge >= 0.3 is 0 Å². The average molecular weight is 408 g/mol. The number of pyridine rings is 3. The third kappa shape index (κ3) is 4.47. The maximum Gasteiger partial charge on any atom is 0.274 e. The molecular weight excluding hydrogens is 384 g/mol. The van der Waals surface area contributed by atoms with Gasteiger partial charge in [0, 0.05) is 68.8 Å². The highest BCUT2D eigenvalue weighted by Crippen LogP contribution is 2.18. The smallest absolute Gasteiger partial charge is 0.274 e. The van der Waals surface area contributed by atoms with Crippen molar-refractivity contribution in [1.82, 2.24) is 19.4 Å². The molecule has 3 aromatic heterocycles. The van der Waals surface area contributed by atoms with Crippen LogP contribution in [0, 0.1) is 0 Å². The fourth-order valence-corrected chi connectivity index (χ4v) is 3.42. The van der Waals surface area contributed by atoms with Crippen LogP contribution in [-0.2, 0) is 11.8 Å². The van der Waals surface area contributed by atoms with Crippen LogP contribution in [0.4, 0.5) is 11.5 Å². The van der Waals surface area contributed by atoms with Gasteiger partial charge in [0.15, 0.2) is 0 Å². The van der Waals surface area contributed by atoms with Gasteiger partial charge in [0.1, 0.15) is 11.5 Å². The molecule has 30 heavy (non-hydrogen) atoms. The third-order valence-electron chi connectivity index (χ3n) is 5.14. The van der Waals surface area contributed by atoms with Crippen LogP contribution in [0.25, 0.3) is 10.9 Å². The highest BCUT2D eigenvalue weighted by Gasteiger charge is 2.13. The van der Waals surface area contributed by atoms with E-state index in [1.54, 1.807) is 31.4 Å². The van der Waals surface area contributed by atoms with Crippen LogP contribution in [0.5, 0.6) is 0 Å². The van der Waals surface area contributed by atoms with Gasteiger partial charge in [0.05, 0.1) is 18.7 Å². The van der Waals surface area contributed by atoms with E-state index in [-0.39, 0.29) is 17.2 Å². The molecule has 156 valence electrons. The Labute approximate surface area is 173 Å². The van der Waals surface area contributed by atoms with Crippen LogP contribution in [0.2, 0.25) is 0 Å². The molecule has 1 aliphatic heterocycles. The first-order valence-electron chi connectivity index (χ1n) is 9.87. The standard InChI is InChI=1S/C21H24N6O3/c1-26-18-13-19(23-6-7-27-8-10-30-11-9-27)24-14-16(18)12-17(21(26)29)25-20(28)15-2-4-22-5-3-15/h2-5,12-14H,6-11H2,1H3,(H,23,24)(H,25,28). The number of carbonyl (C=O) groups excluding carboxylic acids is 1. The Morgan fingerprint density at radius 3 is 2.73 bits per heavy atom. The number of nitrogens with zero attached hydrogens (tertiary/aromatic N) is 4. The summed E-state index contributed by atoms with van der Waals surface area (Å²) in [7, 11) is 1.68. The second-order valence-corrected chi connectivity index (χ2v) is 7.12. The summed E-state index contributed by atoms with van der Waals surface area (Å²) in [5.74, 6) is 0.350. The first-order chi connectivity index (χ1) is 14.6. The van der Waals surface area contributed by atoms with Gasteiger partial charge < -0.3 is 19.9 Å². The van der Waals surface area contributed by atoms with E-state index in [4.69, 9.17) is 4.74 Å². The van der Waals surface area contributed by atoms with Crippen molar-refractivity contribution in [3.05, 3.63) is 58.8 Å². The number of aryl methyl sites for hydroxylation is 1. The molecule has 4 heterocycles. The first kappa shape index (κ1) is 20.0. The average Bonchev–Trinajstić information content (AvgIpc) is 2.79. The number of hydrogen-bond donors (Lipinski definition) is 2. The zero-order valence-electron chi connectivity index (χ0n) is 16.8. The minimum absolute atomic E-state index is 0.210. The number of rotatable bonds is 6. The van der Waals surface area contributed by atoms with E-state index in [9.17, 15) is 9.59 Å². The summed E-state index contributed by atoms with van der Waals surface area (Å²) in [6, 6.07) is 6.69. The van der Waals surface area contributed by atoms with Gasteiger partial charge in [-0.3, -0.25) is 19.5 Å². The molecular formula is C21H24N6O3. The molecule has 1 fully saturated rings. The summed E-state index contributed by atoms with van der Waals surface area (Å²) in [5.41, 5.74) is 1.10. The Kier molecular flexibility index (Phi) is 6.01. The largest absolute Gasteiger partial charge is 0.379 e. The first-order valence-corrected chi connectivity index (χ1v) is 9.87. The van der Waals surface area contributed by atoms with Gasteiger partial charge in [-0.1, -0.05) is 0 Å². The predicted molar refractivity (Wildman–Crippen MR) is 115 cm³/mol. The summed E-state index contributed by atoms with van der Waals surface area (Å²) in [6.45, 7) is 5.09. The maximum absolute atomic E-state index is 12.8. The molecule has 0 saturated carbocycles. The van der Waals surface area contributed by atoms with Crippen molar-refractivity contribution in [3.63, 3.8) is 0 Å². The Morgan fingerprint density at radius 2 is 1.97 bits per heavy atom. The molecule has 1 amide bonds. The fraction of sp³-hybridized carbons (Fsp3) is 0.333. The lowest BCUT2D eigenvalue weighted by atomic mass is 10.2. The van der Waals surface area contributed by atoms with Crippen molar-refractivity contribution in [1.29, 1.82) is 0 Å². The summed E-state index contributed by atoms with van der Waals surface area (Å²) < 4.78 is 6.88. The number of fused-ring (bicyclic) bond motifs is 1. The molecule has 0 aromatic carbocycles. The molecule has 0 bridgehead atoms. The zero-order valence-corrected chi connectivity index (χ0v) is 16.8. The zero-order chi connectivity index (χ0) is 20.9. The van der Waals surface area contributed by atoms with Crippen molar-refractivity contribution >= 4 is 28.3 Å². The normalized spacial score (nSPS) is 14.6. The van der Waals surface area contributed by atoms with E-state index >= 15 is 0 Å². The summed E-state index contributed by atoms with van der Waals surface area (Å²) in [5, 5.41) is 6.76. The predicted octanol–water partition coefficient (Wildman–Crippen LogP) is 1.32. The number of nitrogens with one attached hydrogen (secondary N) is 2. The van der Waals surface area contributed by atoms with Crippen molar-refractivity contribution in [2.45, 2.75) is 0 Å². The van der Waals surface area contributed by atoms with Gasteiger partial charge in [-0.25, -0.2) is 4.98 Å². The lowest BCUT2D eigenvalue weighted by Gasteiger charge is -2.26. The number of hydrogen-bond acceptors (Lipinski definition) is 7. The van der Waals surface area contributed by atoms with E-state index < -0.39 is 0 Å². The number of carbonyl (C=O) groups is 1. The van der Waals surface area contributed by atoms with Crippen molar-refractivity contribution < 1.29 is 9.53 Å². The van der Waals surface area contributed by atoms with Gasteiger partial charge in [-0.05, 0) is 18.2 Å². The lowest BCUT2D eigenvalue weighted by molar-refractivity contribution is 0.0398. The molecule has 0 radical (unpaired) electrons. The number of anilines is 2. The van der Waals surface area contributed by atoms with Crippen molar-refractivity contribution in [3.8, 4) is 0 Å². The van der Waals surface area contributed by atoms with E-state index in [2.05, 4.69) is 25.5 Å². The summed E-state index contributed by atoms with van der Waals surface area (Å²) in [4.78, 5) is 35.8. The monoisotopic (exact) mass is 408 g/mol. The van der Waals surface area contributed by atoms with Crippen molar-refractivity contribution in [2.24, 2.45) is 7.05 Å². The van der Waals surface area contributed by atoms with E-state index in [0.29, 0.717) is 11.4 Å². The molecule has 0 unspecified atom stereocenters. The van der Waals surface area contributed by atoms with Crippen molar-refractivity contribution in [2.75, 3.05) is 50.0 Å². The molecule has 0 aliphatic carbocycles. The molecule has 4 rings (SSSR count). The lowest BCUT2D eigenvalue weighted by Crippen LogP contribution is -2.39. The number of morpholine rings is 1.